The molecule has 0 radical (unpaired) electrons. The first kappa shape index (κ1) is 9.21. The van der Waals surface area contributed by atoms with Crippen LogP contribution in [-0.4, -0.2) is 45.3 Å². The average molecular weight is 195 g/mol. The van der Waals surface area contributed by atoms with Crippen LogP contribution in [0.2, 0.25) is 0 Å². The maximum atomic E-state index is 11.7. The molecule has 5 nitrogen and oxygen atoms in total. The lowest BCUT2D eigenvalue weighted by Crippen LogP contribution is -2.32. The van der Waals surface area contributed by atoms with Crippen LogP contribution in [0.25, 0.3) is 0 Å². The van der Waals surface area contributed by atoms with Gasteiger partial charge in [0.1, 0.15) is 6.33 Å². The van der Waals surface area contributed by atoms with E-state index in [9.17, 15) is 4.79 Å². The van der Waals surface area contributed by atoms with E-state index in [1.807, 2.05) is 0 Å². The molecule has 0 aromatic carbocycles. The van der Waals surface area contributed by atoms with Gasteiger partial charge < -0.3 is 10.0 Å². The number of aliphatic hydroxyl groups is 1. The Morgan fingerprint density at radius 1 is 1.64 bits per heavy atom. The highest BCUT2D eigenvalue weighted by atomic mass is 16.3. The highest BCUT2D eigenvalue weighted by Gasteiger charge is 2.26. The van der Waals surface area contributed by atoms with Gasteiger partial charge in [-0.2, -0.15) is 0 Å². The van der Waals surface area contributed by atoms with Crippen molar-refractivity contribution < 1.29 is 9.90 Å². The molecule has 1 aromatic rings. The molecule has 5 heteroatoms. The van der Waals surface area contributed by atoms with Gasteiger partial charge in [0.05, 0.1) is 0 Å². The molecule has 1 saturated heterocycles. The molecular weight excluding hydrogens is 182 g/mol. The summed E-state index contributed by atoms with van der Waals surface area (Å²) in [5.74, 6) is 0.238. The second kappa shape index (κ2) is 3.79. The first-order valence-electron chi connectivity index (χ1n) is 4.69. The van der Waals surface area contributed by atoms with E-state index in [0.717, 1.165) is 13.0 Å². The fourth-order valence-electron chi connectivity index (χ4n) is 1.69. The SMILES string of the molecule is O=C(N1CCC(CO)C1)n1ccnc1. The Labute approximate surface area is 82.0 Å². The van der Waals surface area contributed by atoms with Crippen molar-refractivity contribution in [2.75, 3.05) is 19.7 Å². The van der Waals surface area contributed by atoms with Crippen LogP contribution in [0.1, 0.15) is 6.42 Å². The van der Waals surface area contributed by atoms with Crippen molar-refractivity contribution in [2.45, 2.75) is 6.42 Å². The smallest absolute Gasteiger partial charge is 0.329 e. The zero-order valence-electron chi connectivity index (χ0n) is 7.83. The van der Waals surface area contributed by atoms with E-state index in [2.05, 4.69) is 4.98 Å². The van der Waals surface area contributed by atoms with Gasteiger partial charge in [-0.15, -0.1) is 0 Å². The van der Waals surface area contributed by atoms with Gasteiger partial charge in [0.15, 0.2) is 0 Å². The largest absolute Gasteiger partial charge is 0.396 e. The molecular formula is C9H13N3O2. The number of nitrogens with zero attached hydrogens (tertiary/aromatic N) is 3. The fourth-order valence-corrected chi connectivity index (χ4v) is 1.69. The van der Waals surface area contributed by atoms with Crippen LogP contribution in [0.4, 0.5) is 4.79 Å². The molecule has 1 aliphatic heterocycles. The van der Waals surface area contributed by atoms with Crippen LogP contribution in [-0.2, 0) is 0 Å². The maximum Gasteiger partial charge on any atom is 0.329 e. The van der Waals surface area contributed by atoms with Crippen molar-refractivity contribution in [2.24, 2.45) is 5.92 Å². The summed E-state index contributed by atoms with van der Waals surface area (Å²) in [7, 11) is 0. The summed E-state index contributed by atoms with van der Waals surface area (Å²) in [6.45, 7) is 1.53. The molecule has 76 valence electrons. The number of aromatic nitrogens is 2. The lowest BCUT2D eigenvalue weighted by Gasteiger charge is -2.15. The van der Waals surface area contributed by atoms with E-state index in [0.29, 0.717) is 6.54 Å². The summed E-state index contributed by atoms with van der Waals surface area (Å²) < 4.78 is 1.46. The number of amides is 1. The first-order valence-corrected chi connectivity index (χ1v) is 4.69. The normalized spacial score (nSPS) is 21.5. The van der Waals surface area contributed by atoms with Gasteiger partial charge in [0.25, 0.3) is 0 Å². The summed E-state index contributed by atoms with van der Waals surface area (Å²) in [4.78, 5) is 17.3. The molecule has 1 unspecified atom stereocenters. The van der Waals surface area contributed by atoms with Gasteiger partial charge in [0.2, 0.25) is 0 Å². The number of hydrogen-bond acceptors (Lipinski definition) is 3. The second-order valence-electron chi connectivity index (χ2n) is 3.54. The van der Waals surface area contributed by atoms with Crippen LogP contribution >= 0.6 is 0 Å². The standard InChI is InChI=1S/C9H13N3O2/c13-6-8-1-3-11(5-8)9(14)12-4-2-10-7-12/h2,4,7-8,13H,1,3,5-6H2. The number of imidazole rings is 1. The Bertz CT molecular complexity index is 310. The lowest BCUT2D eigenvalue weighted by atomic mass is 10.1. The number of aliphatic hydroxyl groups excluding tert-OH is 1. The van der Waals surface area contributed by atoms with Crippen molar-refractivity contribution >= 4 is 6.03 Å². The van der Waals surface area contributed by atoms with Gasteiger partial charge in [-0.3, -0.25) is 4.57 Å². The number of likely N-dealkylation sites (tertiary alicyclic amines) is 1. The molecule has 1 N–H and O–H groups in total. The molecule has 0 aliphatic carbocycles. The Morgan fingerprint density at radius 2 is 2.50 bits per heavy atom. The van der Waals surface area contributed by atoms with E-state index in [1.54, 1.807) is 17.3 Å². The van der Waals surface area contributed by atoms with Gasteiger partial charge in [-0.1, -0.05) is 0 Å². The minimum absolute atomic E-state index is 0.0570. The maximum absolute atomic E-state index is 11.7. The molecule has 0 bridgehead atoms. The van der Waals surface area contributed by atoms with Crippen LogP contribution < -0.4 is 0 Å². The molecule has 1 atom stereocenters. The zero-order valence-corrected chi connectivity index (χ0v) is 7.83. The molecule has 1 fully saturated rings. The van der Waals surface area contributed by atoms with Crippen LogP contribution in [0, 0.1) is 5.92 Å². The highest BCUT2D eigenvalue weighted by molar-refractivity contribution is 5.76. The third kappa shape index (κ3) is 1.63. The summed E-state index contributed by atoms with van der Waals surface area (Å²) >= 11 is 0. The summed E-state index contributed by atoms with van der Waals surface area (Å²) in [5, 5.41) is 8.94. The molecule has 1 aromatic heterocycles. The molecule has 1 aliphatic rings. The second-order valence-corrected chi connectivity index (χ2v) is 3.54. The van der Waals surface area contributed by atoms with E-state index in [1.165, 1.54) is 10.9 Å². The average Bonchev–Trinajstić information content (AvgIpc) is 2.88. The van der Waals surface area contributed by atoms with E-state index >= 15 is 0 Å². The predicted molar refractivity (Wildman–Crippen MR) is 49.8 cm³/mol. The van der Waals surface area contributed by atoms with E-state index < -0.39 is 0 Å². The third-order valence-electron chi connectivity index (χ3n) is 2.54. The Morgan fingerprint density at radius 3 is 3.07 bits per heavy atom. The third-order valence-corrected chi connectivity index (χ3v) is 2.54. The topological polar surface area (TPSA) is 58.4 Å². The minimum atomic E-state index is -0.0570. The number of carbonyl (C=O) groups excluding carboxylic acids is 1. The molecule has 2 rings (SSSR count). The van der Waals surface area contributed by atoms with Crippen LogP contribution in [0.5, 0.6) is 0 Å². The van der Waals surface area contributed by atoms with Gasteiger partial charge in [0, 0.05) is 38.0 Å². The molecule has 0 saturated carbocycles. The van der Waals surface area contributed by atoms with Gasteiger partial charge in [-0.25, -0.2) is 9.78 Å². The molecule has 14 heavy (non-hydrogen) atoms. The van der Waals surface area contributed by atoms with Crippen LogP contribution in [0.3, 0.4) is 0 Å². The fraction of sp³-hybridized carbons (Fsp3) is 0.556. The van der Waals surface area contributed by atoms with Crippen molar-refractivity contribution in [3.63, 3.8) is 0 Å². The Hall–Kier alpha value is -1.36. The van der Waals surface area contributed by atoms with E-state index in [-0.39, 0.29) is 18.6 Å². The first-order chi connectivity index (χ1) is 6.81. The quantitative estimate of drug-likeness (QED) is 0.694. The predicted octanol–water partition coefficient (Wildman–Crippen LogP) is 0.165. The number of carbonyl (C=O) groups is 1. The van der Waals surface area contributed by atoms with E-state index in [4.69, 9.17) is 5.11 Å². The van der Waals surface area contributed by atoms with Gasteiger partial charge in [-0.05, 0) is 6.42 Å². The zero-order chi connectivity index (χ0) is 9.97. The summed E-state index contributed by atoms with van der Waals surface area (Å²) in [6.07, 6.45) is 5.59. The highest BCUT2D eigenvalue weighted by Crippen LogP contribution is 2.16. The summed E-state index contributed by atoms with van der Waals surface area (Å²) in [5.41, 5.74) is 0. The van der Waals surface area contributed by atoms with Crippen molar-refractivity contribution in [1.29, 1.82) is 0 Å². The van der Waals surface area contributed by atoms with Crippen molar-refractivity contribution in [3.8, 4) is 0 Å². The Balaban J connectivity index is 2.00. The summed E-state index contributed by atoms with van der Waals surface area (Å²) in [6, 6.07) is -0.0570. The van der Waals surface area contributed by atoms with Crippen molar-refractivity contribution in [1.82, 2.24) is 14.5 Å². The molecule has 1 amide bonds. The van der Waals surface area contributed by atoms with Crippen LogP contribution in [0.15, 0.2) is 18.7 Å². The van der Waals surface area contributed by atoms with Gasteiger partial charge >= 0.3 is 6.03 Å². The monoisotopic (exact) mass is 195 g/mol. The number of rotatable bonds is 1. The van der Waals surface area contributed by atoms with Crippen molar-refractivity contribution in [3.05, 3.63) is 18.7 Å². The molecule has 2 heterocycles. The molecule has 0 spiro atoms. The lowest BCUT2D eigenvalue weighted by molar-refractivity contribution is 0.199. The Kier molecular flexibility index (Phi) is 2.49. The minimum Gasteiger partial charge on any atom is -0.396 e. The number of hydrogen-bond donors (Lipinski definition) is 1.